The maximum absolute atomic E-state index is 5.51. The van der Waals surface area contributed by atoms with Crippen molar-refractivity contribution >= 4 is 11.3 Å². The van der Waals surface area contributed by atoms with E-state index in [4.69, 9.17) is 4.74 Å². The van der Waals surface area contributed by atoms with Gasteiger partial charge in [-0.1, -0.05) is 12.1 Å². The Balaban J connectivity index is 1.95. The zero-order valence-corrected chi connectivity index (χ0v) is 12.5. The SMILES string of the molecule is CCOc1cccc(CNC(C)c2scnc2C)c1. The van der Waals surface area contributed by atoms with Gasteiger partial charge >= 0.3 is 0 Å². The number of aromatic nitrogens is 1. The lowest BCUT2D eigenvalue weighted by Gasteiger charge is -2.13. The molecule has 0 saturated heterocycles. The third-order valence-electron chi connectivity index (χ3n) is 3.00. The first kappa shape index (κ1) is 14.0. The summed E-state index contributed by atoms with van der Waals surface area (Å²) in [5.74, 6) is 0.934. The summed E-state index contributed by atoms with van der Waals surface area (Å²) in [5.41, 5.74) is 4.26. The van der Waals surface area contributed by atoms with Crippen LogP contribution in [0.4, 0.5) is 0 Å². The molecule has 0 fully saturated rings. The van der Waals surface area contributed by atoms with Crippen molar-refractivity contribution in [3.8, 4) is 5.75 Å². The third kappa shape index (κ3) is 3.78. The Bertz CT molecular complexity index is 524. The predicted octanol–water partition coefficient (Wildman–Crippen LogP) is 3.70. The molecule has 0 bridgehead atoms. The van der Waals surface area contributed by atoms with Crippen LogP contribution in [0, 0.1) is 6.92 Å². The van der Waals surface area contributed by atoms with E-state index in [1.54, 1.807) is 11.3 Å². The Morgan fingerprint density at radius 2 is 2.26 bits per heavy atom. The summed E-state index contributed by atoms with van der Waals surface area (Å²) in [6.07, 6.45) is 0. The lowest BCUT2D eigenvalue weighted by molar-refractivity contribution is 0.339. The maximum atomic E-state index is 5.51. The lowest BCUT2D eigenvalue weighted by Crippen LogP contribution is -2.17. The molecule has 0 aliphatic carbocycles. The average Bonchev–Trinajstić information content (AvgIpc) is 2.83. The highest BCUT2D eigenvalue weighted by Gasteiger charge is 2.10. The van der Waals surface area contributed by atoms with E-state index in [2.05, 4.69) is 36.3 Å². The van der Waals surface area contributed by atoms with Crippen LogP contribution in [0.2, 0.25) is 0 Å². The van der Waals surface area contributed by atoms with Gasteiger partial charge in [-0.15, -0.1) is 11.3 Å². The van der Waals surface area contributed by atoms with Crippen molar-refractivity contribution in [2.24, 2.45) is 0 Å². The monoisotopic (exact) mass is 276 g/mol. The minimum atomic E-state index is 0.322. The van der Waals surface area contributed by atoms with Crippen molar-refractivity contribution < 1.29 is 4.74 Å². The van der Waals surface area contributed by atoms with Gasteiger partial charge in [-0.05, 0) is 38.5 Å². The molecule has 0 saturated carbocycles. The summed E-state index contributed by atoms with van der Waals surface area (Å²) in [6, 6.07) is 8.54. The quantitative estimate of drug-likeness (QED) is 0.873. The van der Waals surface area contributed by atoms with Crippen LogP contribution >= 0.6 is 11.3 Å². The van der Waals surface area contributed by atoms with Crippen molar-refractivity contribution in [3.05, 3.63) is 45.9 Å². The molecule has 19 heavy (non-hydrogen) atoms. The minimum Gasteiger partial charge on any atom is -0.494 e. The van der Waals surface area contributed by atoms with Crippen molar-refractivity contribution in [2.75, 3.05) is 6.61 Å². The molecule has 2 rings (SSSR count). The second-order valence-corrected chi connectivity index (χ2v) is 5.37. The van der Waals surface area contributed by atoms with E-state index in [0.717, 1.165) is 18.0 Å². The highest BCUT2D eigenvalue weighted by Crippen LogP contribution is 2.21. The number of thiazole rings is 1. The lowest BCUT2D eigenvalue weighted by atomic mass is 10.2. The Labute approximate surface area is 118 Å². The topological polar surface area (TPSA) is 34.1 Å². The summed E-state index contributed by atoms with van der Waals surface area (Å²) in [5, 5.41) is 3.53. The molecule has 0 aliphatic heterocycles. The molecular formula is C15H20N2OS. The van der Waals surface area contributed by atoms with Crippen LogP contribution < -0.4 is 10.1 Å². The number of benzene rings is 1. The molecular weight excluding hydrogens is 256 g/mol. The fraction of sp³-hybridized carbons (Fsp3) is 0.400. The van der Waals surface area contributed by atoms with E-state index < -0.39 is 0 Å². The fourth-order valence-electron chi connectivity index (χ4n) is 2.00. The van der Waals surface area contributed by atoms with Gasteiger partial charge in [-0.3, -0.25) is 0 Å². The van der Waals surface area contributed by atoms with Gasteiger partial charge in [-0.2, -0.15) is 0 Å². The van der Waals surface area contributed by atoms with Gasteiger partial charge in [0.15, 0.2) is 0 Å². The molecule has 1 heterocycles. The minimum absolute atomic E-state index is 0.322. The van der Waals surface area contributed by atoms with Crippen molar-refractivity contribution in [2.45, 2.75) is 33.4 Å². The smallest absolute Gasteiger partial charge is 0.119 e. The predicted molar refractivity (Wildman–Crippen MR) is 79.7 cm³/mol. The number of ether oxygens (including phenoxy) is 1. The molecule has 1 N–H and O–H groups in total. The summed E-state index contributed by atoms with van der Waals surface area (Å²) in [7, 11) is 0. The third-order valence-corrected chi connectivity index (χ3v) is 4.11. The average molecular weight is 276 g/mol. The van der Waals surface area contributed by atoms with Crippen LogP contribution in [0.5, 0.6) is 5.75 Å². The maximum Gasteiger partial charge on any atom is 0.119 e. The fourth-order valence-corrected chi connectivity index (χ4v) is 2.84. The summed E-state index contributed by atoms with van der Waals surface area (Å²) in [4.78, 5) is 5.60. The number of aryl methyl sites for hydroxylation is 1. The van der Waals surface area contributed by atoms with E-state index >= 15 is 0 Å². The van der Waals surface area contributed by atoms with Gasteiger partial charge in [0.05, 0.1) is 17.8 Å². The van der Waals surface area contributed by atoms with Crippen LogP contribution in [0.15, 0.2) is 29.8 Å². The molecule has 0 aliphatic rings. The van der Waals surface area contributed by atoms with Crippen LogP contribution in [0.3, 0.4) is 0 Å². The van der Waals surface area contributed by atoms with E-state index in [1.165, 1.54) is 10.4 Å². The number of nitrogens with one attached hydrogen (secondary N) is 1. The molecule has 4 heteroatoms. The van der Waals surface area contributed by atoms with Gasteiger partial charge in [0.25, 0.3) is 0 Å². The molecule has 0 amide bonds. The van der Waals surface area contributed by atoms with E-state index in [-0.39, 0.29) is 0 Å². The Hall–Kier alpha value is -1.39. The standard InChI is InChI=1S/C15H20N2OS/c1-4-18-14-7-5-6-13(8-14)9-16-11(2)15-12(3)17-10-19-15/h5-8,10-11,16H,4,9H2,1-3H3. The van der Waals surface area contributed by atoms with E-state index in [0.29, 0.717) is 12.6 Å². The van der Waals surface area contributed by atoms with Crippen molar-refractivity contribution in [1.29, 1.82) is 0 Å². The Morgan fingerprint density at radius 3 is 2.95 bits per heavy atom. The van der Waals surface area contributed by atoms with Crippen LogP contribution in [-0.4, -0.2) is 11.6 Å². The number of nitrogens with zero attached hydrogens (tertiary/aromatic N) is 1. The molecule has 0 radical (unpaired) electrons. The second-order valence-electron chi connectivity index (χ2n) is 4.49. The normalized spacial score (nSPS) is 12.4. The molecule has 1 unspecified atom stereocenters. The van der Waals surface area contributed by atoms with Crippen LogP contribution in [0.25, 0.3) is 0 Å². The molecule has 102 valence electrons. The van der Waals surface area contributed by atoms with E-state index in [1.807, 2.05) is 24.6 Å². The van der Waals surface area contributed by atoms with Gasteiger partial charge in [0, 0.05) is 17.5 Å². The summed E-state index contributed by atoms with van der Waals surface area (Å²) in [6.45, 7) is 7.76. The molecule has 3 nitrogen and oxygen atoms in total. The highest BCUT2D eigenvalue weighted by molar-refractivity contribution is 7.09. The Morgan fingerprint density at radius 1 is 1.42 bits per heavy atom. The number of hydrogen-bond acceptors (Lipinski definition) is 4. The summed E-state index contributed by atoms with van der Waals surface area (Å²) < 4.78 is 5.51. The van der Waals surface area contributed by atoms with Crippen LogP contribution in [-0.2, 0) is 6.54 Å². The van der Waals surface area contributed by atoms with Crippen molar-refractivity contribution in [3.63, 3.8) is 0 Å². The first-order chi connectivity index (χ1) is 9.20. The second kappa shape index (κ2) is 6.68. The zero-order valence-electron chi connectivity index (χ0n) is 11.6. The Kier molecular flexibility index (Phi) is 4.93. The first-order valence-electron chi connectivity index (χ1n) is 6.55. The number of rotatable bonds is 6. The van der Waals surface area contributed by atoms with Crippen molar-refractivity contribution in [1.82, 2.24) is 10.3 Å². The van der Waals surface area contributed by atoms with Crippen LogP contribution in [0.1, 0.15) is 36.0 Å². The largest absolute Gasteiger partial charge is 0.494 e. The molecule has 0 spiro atoms. The first-order valence-corrected chi connectivity index (χ1v) is 7.43. The molecule has 1 aromatic carbocycles. The highest BCUT2D eigenvalue weighted by atomic mass is 32.1. The van der Waals surface area contributed by atoms with E-state index in [9.17, 15) is 0 Å². The van der Waals surface area contributed by atoms with Gasteiger partial charge in [-0.25, -0.2) is 4.98 Å². The molecule has 2 aromatic rings. The zero-order chi connectivity index (χ0) is 13.7. The summed E-state index contributed by atoms with van der Waals surface area (Å²) >= 11 is 1.71. The number of hydrogen-bond donors (Lipinski definition) is 1. The van der Waals surface area contributed by atoms with Gasteiger partial charge < -0.3 is 10.1 Å². The molecule has 1 aromatic heterocycles. The van der Waals surface area contributed by atoms with Gasteiger partial charge in [0.2, 0.25) is 0 Å². The molecule has 1 atom stereocenters. The van der Waals surface area contributed by atoms with Gasteiger partial charge in [0.1, 0.15) is 5.75 Å².